The first-order valence-electron chi connectivity index (χ1n) is 6.58. The van der Waals surface area contributed by atoms with E-state index in [9.17, 15) is 9.59 Å². The predicted octanol–water partition coefficient (Wildman–Crippen LogP) is 1.66. The normalized spacial score (nSPS) is 12.5. The van der Waals surface area contributed by atoms with E-state index < -0.39 is 0 Å². The van der Waals surface area contributed by atoms with Gasteiger partial charge in [0.05, 0.1) is 0 Å². The van der Waals surface area contributed by atoms with Gasteiger partial charge in [-0.3, -0.25) is 14.2 Å². The molecule has 0 fully saturated rings. The lowest BCUT2D eigenvalue weighted by molar-refractivity contribution is 0.103. The molecule has 22 heavy (non-hydrogen) atoms. The first-order valence-corrected chi connectivity index (χ1v) is 7.81. The summed E-state index contributed by atoms with van der Waals surface area (Å²) in [4.78, 5) is 37.9. The molecular weight excluding hydrogens is 300 g/mol. The van der Waals surface area contributed by atoms with Crippen LogP contribution in [0.5, 0.6) is 0 Å². The Labute approximate surface area is 129 Å². The molecule has 0 unspecified atom stereocenters. The Kier molecular flexibility index (Phi) is 2.67. The maximum absolute atomic E-state index is 12.4. The minimum absolute atomic E-state index is 0.125. The summed E-state index contributed by atoms with van der Waals surface area (Å²) in [5.74, 6) is -0.198. The molecule has 1 aromatic carbocycles. The Morgan fingerprint density at radius 1 is 1.00 bits per heavy atom. The number of benzene rings is 1. The van der Waals surface area contributed by atoms with Crippen molar-refractivity contribution in [3.63, 3.8) is 0 Å². The van der Waals surface area contributed by atoms with Crippen LogP contribution in [-0.2, 0) is 7.05 Å². The maximum atomic E-state index is 12.4. The van der Waals surface area contributed by atoms with Crippen LogP contribution in [0.1, 0.15) is 16.1 Å². The molecule has 1 aliphatic rings. The molecule has 0 atom stereocenters. The fourth-order valence-corrected chi connectivity index (χ4v) is 3.14. The highest BCUT2D eigenvalue weighted by Crippen LogP contribution is 2.34. The van der Waals surface area contributed by atoms with Crippen LogP contribution in [0.25, 0.3) is 22.4 Å². The van der Waals surface area contributed by atoms with E-state index in [0.717, 1.165) is 5.56 Å². The first-order chi connectivity index (χ1) is 10.6. The van der Waals surface area contributed by atoms with Gasteiger partial charge < -0.3 is 0 Å². The van der Waals surface area contributed by atoms with Gasteiger partial charge in [-0.05, 0) is 6.26 Å². The third-order valence-electron chi connectivity index (χ3n) is 3.70. The second kappa shape index (κ2) is 4.48. The summed E-state index contributed by atoms with van der Waals surface area (Å²) in [6.45, 7) is 0. The molecule has 1 aliphatic carbocycles. The summed E-state index contributed by atoms with van der Waals surface area (Å²) in [5, 5.41) is 0.560. The molecule has 0 saturated carbocycles. The van der Waals surface area contributed by atoms with E-state index in [1.165, 1.54) is 16.3 Å². The number of fused-ring (bicyclic) bond motifs is 4. The van der Waals surface area contributed by atoms with E-state index >= 15 is 0 Å². The van der Waals surface area contributed by atoms with E-state index in [0.29, 0.717) is 16.4 Å². The van der Waals surface area contributed by atoms with Gasteiger partial charge in [-0.2, -0.15) is 0 Å². The Balaban J connectivity index is 2.12. The molecule has 2 heterocycles. The summed E-state index contributed by atoms with van der Waals surface area (Å²) in [7, 11) is 1.63. The lowest BCUT2D eigenvalue weighted by atomic mass is 10.1. The molecule has 0 amide bonds. The molecule has 0 aliphatic heterocycles. The van der Waals surface area contributed by atoms with Crippen LogP contribution in [0, 0.1) is 0 Å². The zero-order chi connectivity index (χ0) is 15.4. The summed E-state index contributed by atoms with van der Waals surface area (Å²) >= 11 is 1.36. The predicted molar refractivity (Wildman–Crippen MR) is 83.2 cm³/mol. The lowest BCUT2D eigenvalue weighted by Gasteiger charge is -2.06. The molecule has 0 radical (unpaired) electrons. The zero-order valence-corrected chi connectivity index (χ0v) is 12.6. The third kappa shape index (κ3) is 1.59. The van der Waals surface area contributed by atoms with Gasteiger partial charge in [0.25, 0.3) is 5.56 Å². The van der Waals surface area contributed by atoms with E-state index in [4.69, 9.17) is 0 Å². The number of hydrogen-bond donors (Lipinski definition) is 0. The molecule has 4 rings (SSSR count). The van der Waals surface area contributed by atoms with Crippen molar-refractivity contribution in [3.05, 3.63) is 45.9 Å². The van der Waals surface area contributed by atoms with Crippen LogP contribution in [0.3, 0.4) is 0 Å². The number of thioether (sulfide) groups is 1. The van der Waals surface area contributed by atoms with Crippen LogP contribution in [0.2, 0.25) is 0 Å². The Hall–Kier alpha value is -2.54. The minimum atomic E-state index is -0.298. The number of hydrogen-bond acceptors (Lipinski definition) is 6. The highest BCUT2D eigenvalue weighted by molar-refractivity contribution is 7.98. The second-order valence-electron chi connectivity index (χ2n) is 4.93. The average Bonchev–Trinajstić information content (AvgIpc) is 2.82. The third-order valence-corrected chi connectivity index (χ3v) is 4.43. The van der Waals surface area contributed by atoms with Gasteiger partial charge in [0, 0.05) is 18.2 Å². The Bertz CT molecular complexity index is 1030. The SMILES string of the molecule is CSc1nc2nc3c(nc2c(=O)n1C)C(=O)c1ccccc1-3. The molecular formula is C15H10N4O2S. The number of carbonyl (C=O) groups excluding carboxylic acids is 1. The number of nitrogens with zero attached hydrogens (tertiary/aromatic N) is 4. The van der Waals surface area contributed by atoms with Crippen LogP contribution >= 0.6 is 11.8 Å². The van der Waals surface area contributed by atoms with Crippen LogP contribution in [-0.4, -0.2) is 31.6 Å². The highest BCUT2D eigenvalue weighted by Gasteiger charge is 2.30. The van der Waals surface area contributed by atoms with E-state index in [1.54, 1.807) is 19.2 Å². The van der Waals surface area contributed by atoms with Crippen molar-refractivity contribution in [1.29, 1.82) is 0 Å². The van der Waals surface area contributed by atoms with Gasteiger partial charge in [-0.1, -0.05) is 36.0 Å². The average molecular weight is 310 g/mol. The smallest absolute Gasteiger partial charge is 0.282 e. The Morgan fingerprint density at radius 3 is 2.45 bits per heavy atom. The molecule has 7 heteroatoms. The second-order valence-corrected chi connectivity index (χ2v) is 5.70. The molecule has 0 bridgehead atoms. The molecule has 0 N–H and O–H groups in total. The van der Waals surface area contributed by atoms with Gasteiger partial charge >= 0.3 is 0 Å². The van der Waals surface area contributed by atoms with E-state index in [2.05, 4.69) is 15.0 Å². The summed E-state index contributed by atoms with van der Waals surface area (Å²) in [6, 6.07) is 7.21. The van der Waals surface area contributed by atoms with Crippen molar-refractivity contribution in [3.8, 4) is 11.3 Å². The topological polar surface area (TPSA) is 77.7 Å². The van der Waals surface area contributed by atoms with Gasteiger partial charge in [0.15, 0.2) is 16.3 Å². The van der Waals surface area contributed by atoms with E-state index in [1.807, 2.05) is 18.4 Å². The largest absolute Gasteiger partial charge is 0.289 e. The maximum Gasteiger partial charge on any atom is 0.282 e. The zero-order valence-electron chi connectivity index (χ0n) is 11.8. The van der Waals surface area contributed by atoms with Crippen molar-refractivity contribution in [1.82, 2.24) is 19.5 Å². The number of rotatable bonds is 1. The van der Waals surface area contributed by atoms with Gasteiger partial charge in [0.1, 0.15) is 11.4 Å². The van der Waals surface area contributed by atoms with Gasteiger partial charge in [-0.15, -0.1) is 0 Å². The Morgan fingerprint density at radius 2 is 1.73 bits per heavy atom. The number of ketones is 1. The monoisotopic (exact) mass is 310 g/mol. The molecule has 0 saturated heterocycles. The van der Waals surface area contributed by atoms with Crippen LogP contribution in [0.4, 0.5) is 0 Å². The molecule has 6 nitrogen and oxygen atoms in total. The number of aromatic nitrogens is 4. The van der Waals surface area contributed by atoms with Crippen molar-refractivity contribution >= 4 is 28.7 Å². The molecule has 108 valence electrons. The fraction of sp³-hybridized carbons (Fsp3) is 0.133. The lowest BCUT2D eigenvalue weighted by Crippen LogP contribution is -2.22. The molecule has 3 aromatic rings. The van der Waals surface area contributed by atoms with Crippen LogP contribution < -0.4 is 5.56 Å². The summed E-state index contributed by atoms with van der Waals surface area (Å²) in [6.07, 6.45) is 1.84. The van der Waals surface area contributed by atoms with Crippen molar-refractivity contribution < 1.29 is 4.79 Å². The summed E-state index contributed by atoms with van der Waals surface area (Å²) in [5.41, 5.74) is 2.13. The van der Waals surface area contributed by atoms with Crippen LogP contribution in [0.15, 0.2) is 34.2 Å². The fourth-order valence-electron chi connectivity index (χ4n) is 2.60. The van der Waals surface area contributed by atoms with E-state index in [-0.39, 0.29) is 28.2 Å². The number of carbonyl (C=O) groups is 1. The van der Waals surface area contributed by atoms with Gasteiger partial charge in [0.2, 0.25) is 5.78 Å². The molecule has 0 spiro atoms. The molecule has 2 aromatic heterocycles. The quantitative estimate of drug-likeness (QED) is 0.393. The van der Waals surface area contributed by atoms with Gasteiger partial charge in [-0.25, -0.2) is 15.0 Å². The minimum Gasteiger partial charge on any atom is -0.289 e. The summed E-state index contributed by atoms with van der Waals surface area (Å²) < 4.78 is 1.42. The highest BCUT2D eigenvalue weighted by atomic mass is 32.2. The van der Waals surface area contributed by atoms with Crippen molar-refractivity contribution in [2.75, 3.05) is 6.26 Å². The first kappa shape index (κ1) is 13.1. The standard InChI is InChI=1S/C15H10N4O2S/c1-19-14(21)11-13(18-15(19)22-2)17-9-7-5-3-4-6-8(7)12(20)10(9)16-11/h3-6H,1-2H3. The van der Waals surface area contributed by atoms with Crippen molar-refractivity contribution in [2.45, 2.75) is 5.16 Å². The van der Waals surface area contributed by atoms with Crippen molar-refractivity contribution in [2.24, 2.45) is 7.05 Å².